The molecular weight excluding hydrogens is 148 g/mol. The molecule has 2 nitrogen and oxygen atoms in total. The van der Waals surface area contributed by atoms with Crippen LogP contribution in [-0.4, -0.2) is 13.1 Å². The highest BCUT2D eigenvalue weighted by molar-refractivity contribution is 4.68. The van der Waals surface area contributed by atoms with Crippen LogP contribution in [0.15, 0.2) is 0 Å². The van der Waals surface area contributed by atoms with Crippen LogP contribution in [0.4, 0.5) is 0 Å². The fourth-order valence-corrected chi connectivity index (χ4v) is 1.97. The third-order valence-electron chi connectivity index (χ3n) is 2.79. The van der Waals surface area contributed by atoms with Gasteiger partial charge >= 0.3 is 0 Å². The lowest BCUT2D eigenvalue weighted by Gasteiger charge is -2.24. The minimum absolute atomic E-state index is 0.795. The van der Waals surface area contributed by atoms with Crippen LogP contribution in [0.2, 0.25) is 0 Å². The SMILES string of the molecule is CCC(CCN)C(CC)CCN. The molecule has 74 valence electrons. The van der Waals surface area contributed by atoms with Gasteiger partial charge in [-0.2, -0.15) is 0 Å². The molecule has 2 heteroatoms. The van der Waals surface area contributed by atoms with E-state index >= 15 is 0 Å². The van der Waals surface area contributed by atoms with Crippen molar-refractivity contribution in [2.24, 2.45) is 23.3 Å². The highest BCUT2D eigenvalue weighted by atomic mass is 14.5. The summed E-state index contributed by atoms with van der Waals surface area (Å²) in [5.74, 6) is 1.59. The van der Waals surface area contributed by atoms with Crippen LogP contribution in [-0.2, 0) is 0 Å². The second-order valence-corrected chi connectivity index (χ2v) is 3.49. The molecule has 0 aliphatic carbocycles. The van der Waals surface area contributed by atoms with Gasteiger partial charge in [-0.25, -0.2) is 0 Å². The van der Waals surface area contributed by atoms with Crippen molar-refractivity contribution in [3.63, 3.8) is 0 Å². The van der Waals surface area contributed by atoms with E-state index in [2.05, 4.69) is 13.8 Å². The van der Waals surface area contributed by atoms with E-state index in [1.165, 1.54) is 12.8 Å². The largest absolute Gasteiger partial charge is 0.330 e. The quantitative estimate of drug-likeness (QED) is 0.614. The lowest BCUT2D eigenvalue weighted by molar-refractivity contribution is 0.284. The number of hydrogen-bond acceptors (Lipinski definition) is 2. The van der Waals surface area contributed by atoms with E-state index in [0.29, 0.717) is 0 Å². The Morgan fingerprint density at radius 2 is 1.17 bits per heavy atom. The van der Waals surface area contributed by atoms with Crippen molar-refractivity contribution < 1.29 is 0 Å². The Balaban J connectivity index is 3.84. The fourth-order valence-electron chi connectivity index (χ4n) is 1.97. The minimum Gasteiger partial charge on any atom is -0.330 e. The maximum Gasteiger partial charge on any atom is -0.00745 e. The third kappa shape index (κ3) is 4.07. The molecule has 0 aromatic carbocycles. The van der Waals surface area contributed by atoms with Gasteiger partial charge < -0.3 is 11.5 Å². The Hall–Kier alpha value is -0.0800. The summed E-state index contributed by atoms with van der Waals surface area (Å²) in [6, 6.07) is 0. The van der Waals surface area contributed by atoms with E-state index in [1.54, 1.807) is 0 Å². The molecule has 0 aliphatic rings. The van der Waals surface area contributed by atoms with Gasteiger partial charge in [-0.15, -0.1) is 0 Å². The van der Waals surface area contributed by atoms with E-state index in [-0.39, 0.29) is 0 Å². The van der Waals surface area contributed by atoms with Crippen molar-refractivity contribution in [3.8, 4) is 0 Å². The molecule has 0 saturated heterocycles. The van der Waals surface area contributed by atoms with Gasteiger partial charge in [0.15, 0.2) is 0 Å². The predicted octanol–water partition coefficient (Wildman–Crippen LogP) is 1.74. The maximum atomic E-state index is 5.56. The summed E-state index contributed by atoms with van der Waals surface area (Å²) < 4.78 is 0. The van der Waals surface area contributed by atoms with Gasteiger partial charge in [-0.3, -0.25) is 0 Å². The Labute approximate surface area is 76.7 Å². The normalized spacial score (nSPS) is 16.0. The zero-order valence-electron chi connectivity index (χ0n) is 8.55. The molecule has 2 unspecified atom stereocenters. The molecule has 0 rings (SSSR count). The highest BCUT2D eigenvalue weighted by Crippen LogP contribution is 2.24. The van der Waals surface area contributed by atoms with Crippen molar-refractivity contribution in [3.05, 3.63) is 0 Å². The van der Waals surface area contributed by atoms with Gasteiger partial charge in [0.2, 0.25) is 0 Å². The summed E-state index contributed by atoms with van der Waals surface area (Å²) in [5, 5.41) is 0. The van der Waals surface area contributed by atoms with Crippen molar-refractivity contribution in [2.45, 2.75) is 39.5 Å². The Kier molecular flexibility index (Phi) is 7.51. The molecule has 0 saturated carbocycles. The van der Waals surface area contributed by atoms with Crippen LogP contribution >= 0.6 is 0 Å². The van der Waals surface area contributed by atoms with Gasteiger partial charge in [0.25, 0.3) is 0 Å². The van der Waals surface area contributed by atoms with E-state index in [1.807, 2.05) is 0 Å². The summed E-state index contributed by atoms with van der Waals surface area (Å²) in [6.45, 7) is 6.14. The Morgan fingerprint density at radius 1 is 0.833 bits per heavy atom. The summed E-state index contributed by atoms with van der Waals surface area (Å²) in [6.07, 6.45) is 4.81. The summed E-state index contributed by atoms with van der Waals surface area (Å²) in [5.41, 5.74) is 11.1. The van der Waals surface area contributed by atoms with Gasteiger partial charge in [0, 0.05) is 0 Å². The summed E-state index contributed by atoms with van der Waals surface area (Å²) in [4.78, 5) is 0. The molecule has 0 bridgehead atoms. The van der Waals surface area contributed by atoms with Crippen LogP contribution in [0.5, 0.6) is 0 Å². The monoisotopic (exact) mass is 172 g/mol. The zero-order chi connectivity index (χ0) is 9.40. The van der Waals surface area contributed by atoms with E-state index in [9.17, 15) is 0 Å². The lowest BCUT2D eigenvalue weighted by Crippen LogP contribution is -2.20. The number of hydrogen-bond donors (Lipinski definition) is 2. The van der Waals surface area contributed by atoms with Crippen LogP contribution in [0, 0.1) is 11.8 Å². The van der Waals surface area contributed by atoms with Gasteiger partial charge in [-0.1, -0.05) is 26.7 Å². The van der Waals surface area contributed by atoms with Crippen LogP contribution < -0.4 is 11.5 Å². The van der Waals surface area contributed by atoms with E-state index in [4.69, 9.17) is 11.5 Å². The standard InChI is InChI=1S/C10H24N2/c1-3-9(5-7-11)10(4-2)6-8-12/h9-10H,3-8,11-12H2,1-2H3. The minimum atomic E-state index is 0.795. The molecule has 0 spiro atoms. The average molecular weight is 172 g/mol. The summed E-state index contributed by atoms with van der Waals surface area (Å²) in [7, 11) is 0. The Morgan fingerprint density at radius 3 is 1.33 bits per heavy atom. The first-order valence-corrected chi connectivity index (χ1v) is 5.20. The van der Waals surface area contributed by atoms with Gasteiger partial charge in [-0.05, 0) is 37.8 Å². The molecular formula is C10H24N2. The Bertz CT molecular complexity index is 81.8. The molecule has 0 aliphatic heterocycles. The topological polar surface area (TPSA) is 52.0 Å². The first kappa shape index (κ1) is 11.9. The molecule has 0 amide bonds. The van der Waals surface area contributed by atoms with Crippen LogP contribution in [0.3, 0.4) is 0 Å². The molecule has 0 aromatic rings. The number of rotatable bonds is 7. The van der Waals surface area contributed by atoms with Gasteiger partial charge in [0.05, 0.1) is 0 Å². The van der Waals surface area contributed by atoms with Crippen molar-refractivity contribution in [1.29, 1.82) is 0 Å². The second kappa shape index (κ2) is 7.56. The van der Waals surface area contributed by atoms with Gasteiger partial charge in [0.1, 0.15) is 0 Å². The van der Waals surface area contributed by atoms with E-state index in [0.717, 1.165) is 37.8 Å². The molecule has 4 N–H and O–H groups in total. The number of nitrogens with two attached hydrogens (primary N) is 2. The average Bonchev–Trinajstić information content (AvgIpc) is 2.11. The second-order valence-electron chi connectivity index (χ2n) is 3.49. The molecule has 0 radical (unpaired) electrons. The first-order chi connectivity index (χ1) is 5.79. The molecule has 0 aromatic heterocycles. The van der Waals surface area contributed by atoms with Crippen LogP contribution in [0.25, 0.3) is 0 Å². The van der Waals surface area contributed by atoms with Crippen molar-refractivity contribution >= 4 is 0 Å². The molecule has 0 heterocycles. The molecule has 2 atom stereocenters. The van der Waals surface area contributed by atoms with E-state index < -0.39 is 0 Å². The van der Waals surface area contributed by atoms with Crippen molar-refractivity contribution in [1.82, 2.24) is 0 Å². The highest BCUT2D eigenvalue weighted by Gasteiger charge is 2.16. The predicted molar refractivity (Wildman–Crippen MR) is 54.9 cm³/mol. The smallest absolute Gasteiger partial charge is 0.00745 e. The fraction of sp³-hybridized carbons (Fsp3) is 1.00. The third-order valence-corrected chi connectivity index (χ3v) is 2.79. The lowest BCUT2D eigenvalue weighted by atomic mass is 9.83. The summed E-state index contributed by atoms with van der Waals surface area (Å²) >= 11 is 0. The molecule has 0 fully saturated rings. The van der Waals surface area contributed by atoms with Crippen LogP contribution in [0.1, 0.15) is 39.5 Å². The zero-order valence-corrected chi connectivity index (χ0v) is 8.55. The molecule has 12 heavy (non-hydrogen) atoms. The first-order valence-electron chi connectivity index (χ1n) is 5.20. The van der Waals surface area contributed by atoms with Crippen molar-refractivity contribution in [2.75, 3.05) is 13.1 Å². The maximum absolute atomic E-state index is 5.56.